The summed E-state index contributed by atoms with van der Waals surface area (Å²) in [6, 6.07) is 5.40. The molecule has 0 N–H and O–H groups in total. The third kappa shape index (κ3) is 3.35. The van der Waals surface area contributed by atoms with E-state index < -0.39 is 10.5 Å². The Balaban J connectivity index is 1.29. The quantitative estimate of drug-likeness (QED) is 0.466. The summed E-state index contributed by atoms with van der Waals surface area (Å²) in [5.41, 5.74) is 2.18. The third-order valence-corrected chi connectivity index (χ3v) is 6.66. The molecule has 0 fully saturated rings. The van der Waals surface area contributed by atoms with Gasteiger partial charge in [0.25, 0.3) is 0 Å². The van der Waals surface area contributed by atoms with Gasteiger partial charge in [0.15, 0.2) is 0 Å². The van der Waals surface area contributed by atoms with E-state index in [0.29, 0.717) is 24.7 Å². The second-order valence-electron chi connectivity index (χ2n) is 8.13. The fourth-order valence-corrected chi connectivity index (χ4v) is 5.27. The second-order valence-corrected chi connectivity index (χ2v) is 9.22. The SMILES string of the molecule is Cc1cc(-c2nc3c(s2)CN(C[C@@]2(C)Cn4cc([N+](=O)[O-])nc4O2)CC3)ccc1F. The predicted molar refractivity (Wildman–Crippen MR) is 109 cm³/mol. The van der Waals surface area contributed by atoms with Crippen molar-refractivity contribution in [2.45, 2.75) is 39.0 Å². The summed E-state index contributed by atoms with van der Waals surface area (Å²) in [6.07, 6.45) is 2.27. The van der Waals surface area contributed by atoms with Gasteiger partial charge in [-0.25, -0.2) is 9.37 Å². The molecule has 3 aromatic rings. The Morgan fingerprint density at radius 3 is 2.97 bits per heavy atom. The number of aromatic nitrogens is 3. The maximum atomic E-state index is 13.6. The second kappa shape index (κ2) is 6.85. The van der Waals surface area contributed by atoms with Crippen LogP contribution >= 0.6 is 11.3 Å². The van der Waals surface area contributed by atoms with Crippen LogP contribution in [0.25, 0.3) is 10.6 Å². The van der Waals surface area contributed by atoms with Gasteiger partial charge in [0.05, 0.1) is 12.2 Å². The molecule has 4 heterocycles. The summed E-state index contributed by atoms with van der Waals surface area (Å²) in [6.45, 7) is 6.61. The lowest BCUT2D eigenvalue weighted by atomic mass is 10.0. The van der Waals surface area contributed by atoms with Gasteiger partial charge in [-0.15, -0.1) is 11.3 Å². The molecule has 0 aliphatic carbocycles. The average Bonchev–Trinajstić information content (AvgIpc) is 3.34. The van der Waals surface area contributed by atoms with E-state index in [0.717, 1.165) is 35.8 Å². The molecule has 0 spiro atoms. The van der Waals surface area contributed by atoms with Crippen molar-refractivity contribution in [3.63, 3.8) is 0 Å². The van der Waals surface area contributed by atoms with Crippen LogP contribution in [0.5, 0.6) is 6.01 Å². The van der Waals surface area contributed by atoms with Gasteiger partial charge in [0, 0.05) is 41.5 Å². The van der Waals surface area contributed by atoms with Crippen LogP contribution in [0.2, 0.25) is 0 Å². The number of halogens is 1. The zero-order chi connectivity index (χ0) is 21.0. The monoisotopic (exact) mass is 429 g/mol. The van der Waals surface area contributed by atoms with Crippen LogP contribution < -0.4 is 4.74 Å². The van der Waals surface area contributed by atoms with Crippen LogP contribution in [-0.4, -0.2) is 43.0 Å². The number of imidazole rings is 1. The number of ether oxygens (including phenoxy) is 1. The zero-order valence-corrected chi connectivity index (χ0v) is 17.4. The molecule has 1 aromatic carbocycles. The first-order valence-electron chi connectivity index (χ1n) is 9.68. The standard InChI is InChI=1S/C20H20FN5O3S/c1-12-7-13(3-4-14(12)21)18-22-15-5-6-24(8-16(15)30-18)10-20(2)11-25-9-17(26(27)28)23-19(25)29-20/h3-4,7,9H,5-6,8,10-11H2,1-2H3/t20-/m0/s1. The van der Waals surface area contributed by atoms with E-state index in [1.165, 1.54) is 17.1 Å². The molecule has 2 aliphatic rings. The van der Waals surface area contributed by atoms with Crippen LogP contribution in [0.3, 0.4) is 0 Å². The number of nitrogens with zero attached hydrogens (tertiary/aromatic N) is 5. The minimum Gasteiger partial charge on any atom is -0.436 e. The van der Waals surface area contributed by atoms with Crippen molar-refractivity contribution in [1.82, 2.24) is 19.4 Å². The highest BCUT2D eigenvalue weighted by Crippen LogP contribution is 2.35. The molecule has 156 valence electrons. The molecule has 1 atom stereocenters. The van der Waals surface area contributed by atoms with Crippen LogP contribution in [0.15, 0.2) is 24.4 Å². The molecule has 2 aromatic heterocycles. The number of fused-ring (bicyclic) bond motifs is 2. The topological polar surface area (TPSA) is 86.3 Å². The highest BCUT2D eigenvalue weighted by atomic mass is 32.1. The lowest BCUT2D eigenvalue weighted by Gasteiger charge is -2.32. The Morgan fingerprint density at radius 1 is 1.40 bits per heavy atom. The minimum absolute atomic E-state index is 0.192. The normalized spacial score (nSPS) is 20.6. The molecule has 30 heavy (non-hydrogen) atoms. The van der Waals surface area contributed by atoms with Gasteiger partial charge in [-0.1, -0.05) is 0 Å². The van der Waals surface area contributed by atoms with Crippen molar-refractivity contribution >= 4 is 17.2 Å². The lowest BCUT2D eigenvalue weighted by molar-refractivity contribution is -0.389. The van der Waals surface area contributed by atoms with Crippen molar-refractivity contribution in [2.75, 3.05) is 13.1 Å². The third-order valence-electron chi connectivity index (χ3n) is 5.53. The molecule has 10 heteroatoms. The van der Waals surface area contributed by atoms with E-state index in [9.17, 15) is 14.5 Å². The average molecular weight is 429 g/mol. The van der Waals surface area contributed by atoms with Gasteiger partial charge < -0.3 is 14.9 Å². The number of aryl methyl sites for hydroxylation is 1. The van der Waals surface area contributed by atoms with E-state index in [4.69, 9.17) is 9.72 Å². The number of hydrogen-bond donors (Lipinski definition) is 0. The summed E-state index contributed by atoms with van der Waals surface area (Å²) in [7, 11) is 0. The minimum atomic E-state index is -0.512. The molecule has 5 rings (SSSR count). The van der Waals surface area contributed by atoms with Gasteiger partial charge in [0.2, 0.25) is 0 Å². The molecule has 8 nitrogen and oxygen atoms in total. The summed E-state index contributed by atoms with van der Waals surface area (Å²) >= 11 is 1.65. The number of benzene rings is 1. The first-order chi connectivity index (χ1) is 14.3. The van der Waals surface area contributed by atoms with E-state index in [1.807, 2.05) is 13.0 Å². The molecule has 0 unspecified atom stereocenters. The molecule has 0 radical (unpaired) electrons. The van der Waals surface area contributed by atoms with Gasteiger partial charge in [-0.3, -0.25) is 9.47 Å². The number of rotatable bonds is 4. The van der Waals surface area contributed by atoms with E-state index in [-0.39, 0.29) is 11.6 Å². The van der Waals surface area contributed by atoms with Gasteiger partial charge in [-0.05, 0) is 42.5 Å². The zero-order valence-electron chi connectivity index (χ0n) is 16.6. The summed E-state index contributed by atoms with van der Waals surface area (Å²) < 4.78 is 21.3. The van der Waals surface area contributed by atoms with Crippen LogP contribution in [-0.2, 0) is 19.5 Å². The number of nitro groups is 1. The number of thiazole rings is 1. The van der Waals surface area contributed by atoms with E-state index in [1.54, 1.807) is 28.9 Å². The van der Waals surface area contributed by atoms with E-state index >= 15 is 0 Å². The molecular weight excluding hydrogens is 409 g/mol. The predicted octanol–water partition coefficient (Wildman–Crippen LogP) is 3.57. The maximum absolute atomic E-state index is 13.6. The van der Waals surface area contributed by atoms with Gasteiger partial charge in [0.1, 0.15) is 22.6 Å². The smallest absolute Gasteiger partial charge is 0.415 e. The van der Waals surface area contributed by atoms with Crippen molar-refractivity contribution in [1.29, 1.82) is 0 Å². The molecule has 0 saturated heterocycles. The van der Waals surface area contributed by atoms with Crippen molar-refractivity contribution < 1.29 is 14.1 Å². The Bertz CT molecular complexity index is 1130. The van der Waals surface area contributed by atoms with Crippen molar-refractivity contribution in [2.24, 2.45) is 0 Å². The largest absolute Gasteiger partial charge is 0.436 e. The summed E-state index contributed by atoms with van der Waals surface area (Å²) in [5.74, 6) is -0.399. The molecule has 0 saturated carbocycles. The number of hydrogen-bond acceptors (Lipinski definition) is 7. The summed E-state index contributed by atoms with van der Waals surface area (Å²) in [4.78, 5) is 22.6. The molecule has 2 aliphatic heterocycles. The fourth-order valence-electron chi connectivity index (χ4n) is 4.12. The van der Waals surface area contributed by atoms with Crippen LogP contribution in [0, 0.1) is 22.9 Å². The highest BCUT2D eigenvalue weighted by Gasteiger charge is 2.42. The summed E-state index contributed by atoms with van der Waals surface area (Å²) in [5, 5.41) is 11.8. The maximum Gasteiger partial charge on any atom is 0.415 e. The Labute approximate surface area is 176 Å². The molecule has 0 bridgehead atoms. The lowest BCUT2D eigenvalue weighted by Crippen LogP contribution is -2.46. The first kappa shape index (κ1) is 19.1. The van der Waals surface area contributed by atoms with Crippen molar-refractivity contribution in [3.8, 4) is 16.6 Å². The Hall–Kier alpha value is -2.85. The van der Waals surface area contributed by atoms with Gasteiger partial charge >= 0.3 is 11.8 Å². The van der Waals surface area contributed by atoms with E-state index in [2.05, 4.69) is 9.88 Å². The molecular formula is C20H20FN5O3S. The van der Waals surface area contributed by atoms with Crippen LogP contribution in [0.4, 0.5) is 10.2 Å². The first-order valence-corrected chi connectivity index (χ1v) is 10.5. The van der Waals surface area contributed by atoms with Gasteiger partial charge in [-0.2, -0.15) is 0 Å². The Kier molecular flexibility index (Phi) is 4.37. The van der Waals surface area contributed by atoms with Crippen LogP contribution in [0.1, 0.15) is 23.1 Å². The fraction of sp³-hybridized carbons (Fsp3) is 0.400. The molecule has 0 amide bonds. The van der Waals surface area contributed by atoms with Crippen molar-refractivity contribution in [3.05, 3.63) is 56.5 Å². The highest BCUT2D eigenvalue weighted by molar-refractivity contribution is 7.15. The Morgan fingerprint density at radius 2 is 2.23 bits per heavy atom.